The van der Waals surface area contributed by atoms with Crippen molar-refractivity contribution in [2.45, 2.75) is 26.9 Å². The van der Waals surface area contributed by atoms with Gasteiger partial charge in [-0.1, -0.05) is 12.1 Å². The molecule has 0 amide bonds. The van der Waals surface area contributed by atoms with Gasteiger partial charge in [0.15, 0.2) is 17.6 Å². The van der Waals surface area contributed by atoms with Crippen molar-refractivity contribution in [3.8, 4) is 11.5 Å². The highest BCUT2D eigenvalue weighted by Crippen LogP contribution is 2.31. The first-order chi connectivity index (χ1) is 14.2. The molecule has 0 radical (unpaired) electrons. The van der Waals surface area contributed by atoms with Crippen LogP contribution in [0.3, 0.4) is 0 Å². The molecule has 1 aromatic carbocycles. The van der Waals surface area contributed by atoms with Gasteiger partial charge in [-0.3, -0.25) is 4.79 Å². The lowest BCUT2D eigenvalue weighted by molar-refractivity contribution is -0.140. The number of nitrogens with one attached hydrogen (secondary N) is 1. The average Bonchev–Trinajstić information content (AvgIpc) is 3.04. The van der Waals surface area contributed by atoms with Gasteiger partial charge in [-0.05, 0) is 38.5 Å². The van der Waals surface area contributed by atoms with Crippen LogP contribution in [-0.4, -0.2) is 50.1 Å². The first-order valence-corrected chi connectivity index (χ1v) is 9.16. The van der Waals surface area contributed by atoms with Gasteiger partial charge in [-0.2, -0.15) is 0 Å². The van der Waals surface area contributed by atoms with E-state index >= 15 is 0 Å². The number of carbonyl (C=O) groups excluding carboxylic acids is 3. The summed E-state index contributed by atoms with van der Waals surface area (Å²) in [5, 5.41) is 0. The molecule has 1 atom stereocenters. The number of aromatic nitrogens is 1. The fourth-order valence-corrected chi connectivity index (χ4v) is 3.08. The van der Waals surface area contributed by atoms with Crippen LogP contribution in [0.5, 0.6) is 11.5 Å². The molecule has 1 aromatic heterocycles. The quantitative estimate of drug-likeness (QED) is 0.401. The molecule has 0 spiro atoms. The topological polar surface area (TPSA) is 104 Å². The Morgan fingerprint density at radius 2 is 1.77 bits per heavy atom. The molecule has 2 aromatic rings. The van der Waals surface area contributed by atoms with Crippen LogP contribution < -0.4 is 9.47 Å². The number of para-hydroxylation sites is 1. The Morgan fingerprint density at radius 1 is 1.07 bits per heavy atom. The van der Waals surface area contributed by atoms with E-state index in [4.69, 9.17) is 18.9 Å². The first-order valence-electron chi connectivity index (χ1n) is 9.16. The minimum absolute atomic E-state index is 0.201. The second-order valence-corrected chi connectivity index (χ2v) is 6.48. The van der Waals surface area contributed by atoms with E-state index in [9.17, 15) is 14.4 Å². The number of aryl methyl sites for hydroxylation is 1. The summed E-state index contributed by atoms with van der Waals surface area (Å²) in [5.74, 6) is -0.696. The second kappa shape index (κ2) is 9.78. The fraction of sp³-hybridized carbons (Fsp3) is 0.318. The highest BCUT2D eigenvalue weighted by molar-refractivity contribution is 6.04. The molecule has 160 valence electrons. The molecule has 0 aliphatic rings. The summed E-state index contributed by atoms with van der Waals surface area (Å²) in [6, 6.07) is 5.24. The van der Waals surface area contributed by atoms with Gasteiger partial charge in [0.1, 0.15) is 0 Å². The van der Waals surface area contributed by atoms with Crippen molar-refractivity contribution in [2.24, 2.45) is 0 Å². The van der Waals surface area contributed by atoms with E-state index in [0.717, 1.165) is 0 Å². The summed E-state index contributed by atoms with van der Waals surface area (Å²) in [6.07, 6.45) is 1.66. The molecule has 2 rings (SSSR count). The van der Waals surface area contributed by atoms with Gasteiger partial charge in [0.25, 0.3) is 0 Å². The van der Waals surface area contributed by atoms with Crippen LogP contribution in [0, 0.1) is 13.8 Å². The number of aromatic amines is 1. The summed E-state index contributed by atoms with van der Waals surface area (Å²) in [4.78, 5) is 39.7. The van der Waals surface area contributed by atoms with Crippen LogP contribution in [0.1, 0.15) is 44.6 Å². The Balaban J connectivity index is 2.14. The molecule has 0 saturated carbocycles. The van der Waals surface area contributed by atoms with E-state index in [2.05, 4.69) is 4.98 Å². The number of hydrogen-bond donors (Lipinski definition) is 1. The van der Waals surface area contributed by atoms with Crippen molar-refractivity contribution in [3.05, 3.63) is 52.4 Å². The van der Waals surface area contributed by atoms with E-state index in [0.29, 0.717) is 33.9 Å². The van der Waals surface area contributed by atoms with E-state index in [1.54, 1.807) is 32.0 Å². The highest BCUT2D eigenvalue weighted by Gasteiger charge is 2.27. The number of carbonyl (C=O) groups is 3. The van der Waals surface area contributed by atoms with Crippen molar-refractivity contribution in [3.63, 3.8) is 0 Å². The van der Waals surface area contributed by atoms with Crippen molar-refractivity contribution in [2.75, 3.05) is 21.3 Å². The van der Waals surface area contributed by atoms with Crippen LogP contribution in [0.25, 0.3) is 6.08 Å². The molecule has 0 bridgehead atoms. The molecule has 8 nitrogen and oxygen atoms in total. The van der Waals surface area contributed by atoms with Crippen molar-refractivity contribution >= 4 is 23.8 Å². The maximum absolute atomic E-state index is 12.7. The van der Waals surface area contributed by atoms with E-state index < -0.39 is 23.8 Å². The minimum Gasteiger partial charge on any atom is -0.493 e. The van der Waals surface area contributed by atoms with E-state index in [-0.39, 0.29) is 5.69 Å². The van der Waals surface area contributed by atoms with Gasteiger partial charge in [0.2, 0.25) is 5.78 Å². The zero-order valence-corrected chi connectivity index (χ0v) is 17.8. The molecule has 0 aliphatic carbocycles. The average molecular weight is 415 g/mol. The fourth-order valence-electron chi connectivity index (χ4n) is 3.08. The monoisotopic (exact) mass is 415 g/mol. The molecule has 0 aliphatic heterocycles. The molecule has 0 fully saturated rings. The standard InChI is InChI=1S/C22H25NO7/c1-12-18(22(26)29-6)13(2)23-19(12)20(25)14(3)30-17(24)11-10-15-8-7-9-16(27-4)21(15)28-5/h7-11,14,23H,1-6H3/b11-10+/t14-/m1/s1. The number of ether oxygens (including phenoxy) is 4. The molecule has 8 heteroatoms. The lowest BCUT2D eigenvalue weighted by atomic mass is 10.1. The number of ketones is 1. The normalized spacial score (nSPS) is 11.8. The lowest BCUT2D eigenvalue weighted by Gasteiger charge is -2.11. The number of benzene rings is 1. The van der Waals surface area contributed by atoms with Crippen LogP contribution in [-0.2, 0) is 14.3 Å². The third-order valence-electron chi connectivity index (χ3n) is 4.57. The van der Waals surface area contributed by atoms with Crippen LogP contribution in [0.2, 0.25) is 0 Å². The third-order valence-corrected chi connectivity index (χ3v) is 4.57. The Labute approximate surface area is 174 Å². The smallest absolute Gasteiger partial charge is 0.339 e. The van der Waals surface area contributed by atoms with Crippen LogP contribution in [0.15, 0.2) is 24.3 Å². The Morgan fingerprint density at radius 3 is 2.37 bits per heavy atom. The Bertz CT molecular complexity index is 988. The summed E-state index contributed by atoms with van der Waals surface area (Å²) in [5.41, 5.74) is 2.07. The maximum atomic E-state index is 12.7. The summed E-state index contributed by atoms with van der Waals surface area (Å²) < 4.78 is 20.5. The summed E-state index contributed by atoms with van der Waals surface area (Å²) in [6.45, 7) is 4.76. The molecule has 1 N–H and O–H groups in total. The molecule has 1 heterocycles. The SMILES string of the molecule is COC(=O)c1c(C)[nH]c(C(=O)[C@@H](C)OC(=O)/C=C/c2cccc(OC)c2OC)c1C. The predicted molar refractivity (Wildman–Crippen MR) is 110 cm³/mol. The van der Waals surface area contributed by atoms with Crippen molar-refractivity contribution in [1.82, 2.24) is 4.98 Å². The first kappa shape index (κ1) is 22.7. The van der Waals surface area contributed by atoms with E-state index in [1.165, 1.54) is 40.4 Å². The van der Waals surface area contributed by atoms with Gasteiger partial charge in [-0.25, -0.2) is 9.59 Å². The number of rotatable bonds is 8. The summed E-state index contributed by atoms with van der Waals surface area (Å²) in [7, 11) is 4.28. The van der Waals surface area contributed by atoms with Crippen LogP contribution >= 0.6 is 0 Å². The number of esters is 2. The van der Waals surface area contributed by atoms with Gasteiger partial charge < -0.3 is 23.9 Å². The molecular weight excluding hydrogens is 390 g/mol. The minimum atomic E-state index is -1.06. The third kappa shape index (κ3) is 4.71. The van der Waals surface area contributed by atoms with Gasteiger partial charge >= 0.3 is 11.9 Å². The Kier molecular flexibility index (Phi) is 7.41. The predicted octanol–water partition coefficient (Wildman–Crippen LogP) is 3.26. The zero-order chi connectivity index (χ0) is 22.4. The molecule has 0 saturated heterocycles. The molecule has 0 unspecified atom stereocenters. The zero-order valence-electron chi connectivity index (χ0n) is 17.8. The number of methoxy groups -OCH3 is 3. The Hall–Kier alpha value is -3.55. The molecular formula is C22H25NO7. The van der Waals surface area contributed by atoms with Crippen molar-refractivity contribution < 1.29 is 33.3 Å². The number of hydrogen-bond acceptors (Lipinski definition) is 7. The van der Waals surface area contributed by atoms with Gasteiger partial charge in [0.05, 0.1) is 32.6 Å². The number of Topliss-reactive ketones (excluding diaryl/α,β-unsaturated/α-hetero) is 1. The number of H-pyrrole nitrogens is 1. The molecule has 30 heavy (non-hydrogen) atoms. The largest absolute Gasteiger partial charge is 0.493 e. The summed E-state index contributed by atoms with van der Waals surface area (Å²) >= 11 is 0. The van der Waals surface area contributed by atoms with Gasteiger partial charge in [-0.15, -0.1) is 0 Å². The van der Waals surface area contributed by atoms with Gasteiger partial charge in [0, 0.05) is 17.3 Å². The maximum Gasteiger partial charge on any atom is 0.339 e. The van der Waals surface area contributed by atoms with Crippen LogP contribution in [0.4, 0.5) is 0 Å². The second-order valence-electron chi connectivity index (χ2n) is 6.48. The van der Waals surface area contributed by atoms with Crippen molar-refractivity contribution in [1.29, 1.82) is 0 Å². The highest BCUT2D eigenvalue weighted by atomic mass is 16.5. The lowest BCUT2D eigenvalue weighted by Crippen LogP contribution is -2.24. The van der Waals surface area contributed by atoms with E-state index in [1.807, 2.05) is 0 Å².